The predicted octanol–water partition coefficient (Wildman–Crippen LogP) is 2.17. The molecule has 0 radical (unpaired) electrons. The third-order valence-corrected chi connectivity index (χ3v) is 4.61. The molecule has 0 aliphatic heterocycles. The molecule has 0 bridgehead atoms. The molecule has 0 heterocycles. The third-order valence-electron chi connectivity index (χ3n) is 4.61. The van der Waals surface area contributed by atoms with Crippen LogP contribution in [0.4, 0.5) is 0 Å². The van der Waals surface area contributed by atoms with Gasteiger partial charge in [0.15, 0.2) is 0 Å². The minimum Gasteiger partial charge on any atom is -0.396 e. The summed E-state index contributed by atoms with van der Waals surface area (Å²) in [6.07, 6.45) is 2.51. The third kappa shape index (κ3) is 4.29. The lowest BCUT2D eigenvalue weighted by molar-refractivity contribution is -0.126. The molecular weight excluding hydrogens is 264 g/mol. The molecule has 0 aliphatic carbocycles. The lowest BCUT2D eigenvalue weighted by Gasteiger charge is -2.33. The van der Waals surface area contributed by atoms with Gasteiger partial charge < -0.3 is 16.2 Å². The van der Waals surface area contributed by atoms with Gasteiger partial charge >= 0.3 is 0 Å². The average Bonchev–Trinajstić information content (AvgIpc) is 2.52. The molecule has 1 rings (SSSR count). The maximum absolute atomic E-state index is 12.4. The van der Waals surface area contributed by atoms with E-state index in [1.54, 1.807) is 6.92 Å². The van der Waals surface area contributed by atoms with Crippen LogP contribution in [0.1, 0.15) is 45.6 Å². The van der Waals surface area contributed by atoms with Gasteiger partial charge in [-0.3, -0.25) is 4.79 Å². The lowest BCUT2D eigenvalue weighted by atomic mass is 9.79. The second-order valence-electron chi connectivity index (χ2n) is 5.93. The number of hydrogen-bond donors (Lipinski definition) is 3. The Morgan fingerprint density at radius 3 is 2.29 bits per heavy atom. The van der Waals surface area contributed by atoms with Crippen molar-refractivity contribution in [3.05, 3.63) is 35.9 Å². The number of hydrogen-bond acceptors (Lipinski definition) is 3. The van der Waals surface area contributed by atoms with Crippen molar-refractivity contribution >= 4 is 5.91 Å². The van der Waals surface area contributed by atoms with Gasteiger partial charge in [-0.15, -0.1) is 0 Å². The fourth-order valence-corrected chi connectivity index (χ4v) is 2.55. The molecule has 0 saturated heterocycles. The Morgan fingerprint density at radius 2 is 1.81 bits per heavy atom. The summed E-state index contributed by atoms with van der Waals surface area (Å²) in [4.78, 5) is 12.4. The highest BCUT2D eigenvalue weighted by Crippen LogP contribution is 2.29. The average molecular weight is 292 g/mol. The number of aliphatic hydroxyl groups is 1. The minimum atomic E-state index is -1.05. The number of aliphatic hydroxyl groups excluding tert-OH is 1. The Morgan fingerprint density at radius 1 is 1.24 bits per heavy atom. The largest absolute Gasteiger partial charge is 0.396 e. The van der Waals surface area contributed by atoms with E-state index >= 15 is 0 Å². The first kappa shape index (κ1) is 17.7. The molecule has 0 saturated carbocycles. The first-order valence-corrected chi connectivity index (χ1v) is 7.65. The molecule has 4 heteroatoms. The molecule has 1 unspecified atom stereocenters. The topological polar surface area (TPSA) is 75.3 Å². The van der Waals surface area contributed by atoms with Crippen molar-refractivity contribution in [3.8, 4) is 0 Å². The molecule has 1 aromatic carbocycles. The zero-order valence-corrected chi connectivity index (χ0v) is 13.4. The number of amides is 1. The van der Waals surface area contributed by atoms with Crippen molar-refractivity contribution in [1.82, 2.24) is 5.32 Å². The van der Waals surface area contributed by atoms with Crippen LogP contribution in [0.3, 0.4) is 0 Å². The summed E-state index contributed by atoms with van der Waals surface area (Å²) in [7, 11) is 0. The quantitative estimate of drug-likeness (QED) is 0.687. The Hall–Kier alpha value is -1.39. The van der Waals surface area contributed by atoms with Crippen LogP contribution in [0.15, 0.2) is 30.3 Å². The lowest BCUT2D eigenvalue weighted by Crippen LogP contribution is -2.51. The summed E-state index contributed by atoms with van der Waals surface area (Å²) in [6.45, 7) is 6.58. The van der Waals surface area contributed by atoms with E-state index < -0.39 is 5.54 Å². The predicted molar refractivity (Wildman–Crippen MR) is 85.7 cm³/mol. The van der Waals surface area contributed by atoms with Gasteiger partial charge in [-0.25, -0.2) is 0 Å². The highest BCUT2D eigenvalue weighted by Gasteiger charge is 2.33. The fraction of sp³-hybridized carbons (Fsp3) is 0.588. The SMILES string of the molecule is CCC(CC)(CCO)CNC(=O)C(C)(N)c1ccccc1. The van der Waals surface area contributed by atoms with E-state index in [4.69, 9.17) is 5.73 Å². The van der Waals surface area contributed by atoms with Crippen molar-refractivity contribution < 1.29 is 9.90 Å². The van der Waals surface area contributed by atoms with Crippen molar-refractivity contribution in [1.29, 1.82) is 0 Å². The van der Waals surface area contributed by atoms with Crippen LogP contribution in [-0.2, 0) is 10.3 Å². The number of carbonyl (C=O) groups is 1. The van der Waals surface area contributed by atoms with Crippen LogP contribution in [-0.4, -0.2) is 24.2 Å². The van der Waals surface area contributed by atoms with Gasteiger partial charge in [0.2, 0.25) is 5.91 Å². The number of benzene rings is 1. The highest BCUT2D eigenvalue weighted by molar-refractivity contribution is 5.87. The molecule has 0 fully saturated rings. The molecule has 4 nitrogen and oxygen atoms in total. The number of nitrogens with one attached hydrogen (secondary N) is 1. The fourth-order valence-electron chi connectivity index (χ4n) is 2.55. The molecular formula is C17H28N2O2. The molecule has 1 atom stereocenters. The van der Waals surface area contributed by atoms with E-state index in [1.165, 1.54) is 0 Å². The maximum Gasteiger partial charge on any atom is 0.244 e. The maximum atomic E-state index is 12.4. The highest BCUT2D eigenvalue weighted by atomic mass is 16.3. The summed E-state index contributed by atoms with van der Waals surface area (Å²) in [6, 6.07) is 9.38. The molecule has 21 heavy (non-hydrogen) atoms. The smallest absolute Gasteiger partial charge is 0.244 e. The Bertz CT molecular complexity index is 439. The molecule has 118 valence electrons. The van der Waals surface area contributed by atoms with E-state index in [0.29, 0.717) is 13.0 Å². The van der Waals surface area contributed by atoms with Crippen LogP contribution in [0.25, 0.3) is 0 Å². The molecule has 1 aromatic rings. The summed E-state index contributed by atoms with van der Waals surface area (Å²) in [5.41, 5.74) is 5.89. The Kier molecular flexibility index (Phi) is 6.37. The van der Waals surface area contributed by atoms with Gasteiger partial charge in [-0.1, -0.05) is 44.2 Å². The monoisotopic (exact) mass is 292 g/mol. The molecule has 1 amide bonds. The second-order valence-corrected chi connectivity index (χ2v) is 5.93. The van der Waals surface area contributed by atoms with Gasteiger partial charge in [0.05, 0.1) is 0 Å². The van der Waals surface area contributed by atoms with Gasteiger partial charge in [0, 0.05) is 13.2 Å². The number of rotatable bonds is 8. The molecule has 0 aliphatic rings. The van der Waals surface area contributed by atoms with Gasteiger partial charge in [0.1, 0.15) is 5.54 Å². The number of nitrogens with two attached hydrogens (primary N) is 1. The Balaban J connectivity index is 2.76. The van der Waals surface area contributed by atoms with E-state index in [9.17, 15) is 9.90 Å². The van der Waals surface area contributed by atoms with Crippen molar-refractivity contribution in [2.75, 3.05) is 13.2 Å². The van der Waals surface area contributed by atoms with Crippen LogP contribution in [0.5, 0.6) is 0 Å². The standard InChI is InChI=1S/C17H28N2O2/c1-4-17(5-2,11-12-20)13-19-15(21)16(3,18)14-9-7-6-8-10-14/h6-10,20H,4-5,11-13,18H2,1-3H3,(H,19,21). The van der Waals surface area contributed by atoms with E-state index in [-0.39, 0.29) is 17.9 Å². The van der Waals surface area contributed by atoms with E-state index in [2.05, 4.69) is 19.2 Å². The van der Waals surface area contributed by atoms with E-state index in [1.807, 2.05) is 30.3 Å². The Labute approximate surface area is 127 Å². The van der Waals surface area contributed by atoms with Crippen molar-refractivity contribution in [2.45, 2.75) is 45.6 Å². The van der Waals surface area contributed by atoms with Gasteiger partial charge in [0.25, 0.3) is 0 Å². The van der Waals surface area contributed by atoms with Crippen molar-refractivity contribution in [2.24, 2.45) is 11.1 Å². The number of carbonyl (C=O) groups excluding carboxylic acids is 1. The van der Waals surface area contributed by atoms with Crippen LogP contribution >= 0.6 is 0 Å². The molecule has 4 N–H and O–H groups in total. The van der Waals surface area contributed by atoms with E-state index in [0.717, 1.165) is 18.4 Å². The molecule has 0 spiro atoms. The summed E-state index contributed by atoms with van der Waals surface area (Å²) >= 11 is 0. The zero-order valence-electron chi connectivity index (χ0n) is 13.4. The first-order chi connectivity index (χ1) is 9.91. The van der Waals surface area contributed by atoms with Crippen LogP contribution in [0.2, 0.25) is 0 Å². The van der Waals surface area contributed by atoms with Gasteiger partial charge in [-0.2, -0.15) is 0 Å². The zero-order chi connectivity index (χ0) is 15.9. The summed E-state index contributed by atoms with van der Waals surface area (Å²) < 4.78 is 0. The van der Waals surface area contributed by atoms with Crippen molar-refractivity contribution in [3.63, 3.8) is 0 Å². The van der Waals surface area contributed by atoms with Gasteiger partial charge in [-0.05, 0) is 37.2 Å². The summed E-state index contributed by atoms with van der Waals surface area (Å²) in [5, 5.41) is 12.2. The van der Waals surface area contributed by atoms with Crippen LogP contribution in [0, 0.1) is 5.41 Å². The normalized spacial score (nSPS) is 14.5. The van der Waals surface area contributed by atoms with Crippen LogP contribution < -0.4 is 11.1 Å². The minimum absolute atomic E-state index is 0.0584. The molecule has 0 aromatic heterocycles. The first-order valence-electron chi connectivity index (χ1n) is 7.65. The summed E-state index contributed by atoms with van der Waals surface area (Å²) in [5.74, 6) is -0.182. The second kappa shape index (κ2) is 7.57.